The second kappa shape index (κ2) is 8.92. The first-order chi connectivity index (χ1) is 10.2. The number of likely N-dealkylation sites (tertiary alicyclic amines) is 1. The van der Waals surface area contributed by atoms with Gasteiger partial charge >= 0.3 is 0 Å². The molecule has 2 atom stereocenters. The van der Waals surface area contributed by atoms with Gasteiger partial charge in [0.05, 0.1) is 0 Å². The van der Waals surface area contributed by atoms with Gasteiger partial charge in [-0.3, -0.25) is 0 Å². The molecule has 21 heavy (non-hydrogen) atoms. The van der Waals surface area contributed by atoms with Crippen molar-refractivity contribution in [1.82, 2.24) is 10.2 Å². The Morgan fingerprint density at radius 2 is 2.14 bits per heavy atom. The number of benzene rings is 1. The normalized spacial score (nSPS) is 20.8. The van der Waals surface area contributed by atoms with Crippen LogP contribution in [-0.4, -0.2) is 31.1 Å². The number of halogens is 1. The lowest BCUT2D eigenvalue weighted by Gasteiger charge is -2.23. The van der Waals surface area contributed by atoms with E-state index in [1.807, 2.05) is 0 Å². The Balaban J connectivity index is 1.92. The summed E-state index contributed by atoms with van der Waals surface area (Å²) in [7, 11) is 0. The van der Waals surface area contributed by atoms with E-state index in [9.17, 15) is 0 Å². The van der Waals surface area contributed by atoms with Crippen molar-refractivity contribution in [3.05, 3.63) is 34.3 Å². The largest absolute Gasteiger partial charge is 0.310 e. The van der Waals surface area contributed by atoms with E-state index in [0.29, 0.717) is 6.04 Å². The van der Waals surface area contributed by atoms with E-state index in [0.717, 1.165) is 12.5 Å². The summed E-state index contributed by atoms with van der Waals surface area (Å²) in [6, 6.07) is 9.09. The van der Waals surface area contributed by atoms with Crippen LogP contribution in [0.25, 0.3) is 0 Å². The summed E-state index contributed by atoms with van der Waals surface area (Å²) >= 11 is 3.71. The van der Waals surface area contributed by atoms with Gasteiger partial charge in [-0.1, -0.05) is 54.4 Å². The van der Waals surface area contributed by atoms with Crippen LogP contribution in [-0.2, 0) is 0 Å². The molecule has 1 aromatic carbocycles. The molecule has 1 fully saturated rings. The summed E-state index contributed by atoms with van der Waals surface area (Å²) in [5, 5.41) is 3.72. The monoisotopic (exact) mass is 352 g/mol. The molecule has 0 aliphatic carbocycles. The van der Waals surface area contributed by atoms with Gasteiger partial charge in [0.1, 0.15) is 0 Å². The summed E-state index contributed by atoms with van der Waals surface area (Å²) in [4.78, 5) is 2.64. The van der Waals surface area contributed by atoms with E-state index in [1.54, 1.807) is 0 Å². The molecule has 1 aliphatic rings. The first-order valence-electron chi connectivity index (χ1n) is 8.44. The van der Waals surface area contributed by atoms with Crippen LogP contribution in [0.3, 0.4) is 0 Å². The SMILES string of the molecule is CCCNC(CCN1CCC(CC)C1)c1ccccc1Br. The van der Waals surface area contributed by atoms with E-state index in [2.05, 4.69) is 64.3 Å². The Morgan fingerprint density at radius 3 is 2.81 bits per heavy atom. The van der Waals surface area contributed by atoms with Crippen molar-refractivity contribution in [2.45, 2.75) is 45.6 Å². The Hall–Kier alpha value is -0.380. The Kier molecular flexibility index (Phi) is 7.21. The third kappa shape index (κ3) is 5.08. The standard InChI is InChI=1S/C18H29BrN2/c1-3-11-20-18(16-7-5-6-8-17(16)19)10-13-21-12-9-15(4-2)14-21/h5-8,15,18,20H,3-4,9-14H2,1-2H3. The van der Waals surface area contributed by atoms with Crippen molar-refractivity contribution in [3.8, 4) is 0 Å². The maximum absolute atomic E-state index is 3.72. The second-order valence-corrected chi connectivity index (χ2v) is 7.03. The van der Waals surface area contributed by atoms with Crippen molar-refractivity contribution in [1.29, 1.82) is 0 Å². The quantitative estimate of drug-likeness (QED) is 0.734. The number of rotatable bonds is 8. The van der Waals surface area contributed by atoms with Crippen molar-refractivity contribution in [2.75, 3.05) is 26.2 Å². The molecule has 0 bridgehead atoms. The molecule has 0 saturated carbocycles. The van der Waals surface area contributed by atoms with Crippen LogP contribution in [0.15, 0.2) is 28.7 Å². The van der Waals surface area contributed by atoms with Crippen LogP contribution >= 0.6 is 15.9 Å². The van der Waals surface area contributed by atoms with Crippen molar-refractivity contribution in [3.63, 3.8) is 0 Å². The van der Waals surface area contributed by atoms with Crippen LogP contribution in [0.5, 0.6) is 0 Å². The third-order valence-electron chi connectivity index (χ3n) is 4.60. The van der Waals surface area contributed by atoms with E-state index in [1.165, 1.54) is 55.4 Å². The van der Waals surface area contributed by atoms with Gasteiger partial charge in [0, 0.05) is 17.1 Å². The van der Waals surface area contributed by atoms with E-state index < -0.39 is 0 Å². The van der Waals surface area contributed by atoms with Crippen LogP contribution in [0, 0.1) is 5.92 Å². The minimum atomic E-state index is 0.459. The number of nitrogens with zero attached hydrogens (tertiary/aromatic N) is 1. The van der Waals surface area contributed by atoms with Crippen LogP contribution < -0.4 is 5.32 Å². The lowest BCUT2D eigenvalue weighted by molar-refractivity contribution is 0.298. The Labute approximate surface area is 138 Å². The number of nitrogens with one attached hydrogen (secondary N) is 1. The molecule has 0 aromatic heterocycles. The maximum atomic E-state index is 3.72. The van der Waals surface area contributed by atoms with E-state index >= 15 is 0 Å². The summed E-state index contributed by atoms with van der Waals surface area (Å²) in [5.41, 5.74) is 1.40. The molecule has 1 N–H and O–H groups in total. The van der Waals surface area contributed by atoms with Gasteiger partial charge in [0.15, 0.2) is 0 Å². The van der Waals surface area contributed by atoms with E-state index in [-0.39, 0.29) is 0 Å². The highest BCUT2D eigenvalue weighted by atomic mass is 79.9. The smallest absolute Gasteiger partial charge is 0.0343 e. The van der Waals surface area contributed by atoms with Crippen molar-refractivity contribution < 1.29 is 0 Å². The topological polar surface area (TPSA) is 15.3 Å². The highest BCUT2D eigenvalue weighted by Gasteiger charge is 2.22. The fourth-order valence-electron chi connectivity index (χ4n) is 3.20. The van der Waals surface area contributed by atoms with Crippen LogP contribution in [0.1, 0.15) is 51.1 Å². The number of hydrogen-bond donors (Lipinski definition) is 1. The summed E-state index contributed by atoms with van der Waals surface area (Å²) in [5.74, 6) is 0.926. The second-order valence-electron chi connectivity index (χ2n) is 6.18. The number of hydrogen-bond acceptors (Lipinski definition) is 2. The predicted molar refractivity (Wildman–Crippen MR) is 94.6 cm³/mol. The summed E-state index contributed by atoms with van der Waals surface area (Å²) < 4.78 is 1.23. The molecule has 0 amide bonds. The molecular weight excluding hydrogens is 324 g/mol. The molecule has 1 heterocycles. The highest BCUT2D eigenvalue weighted by Crippen LogP contribution is 2.27. The minimum absolute atomic E-state index is 0.459. The molecule has 2 rings (SSSR count). The zero-order valence-corrected chi connectivity index (χ0v) is 15.0. The van der Waals surface area contributed by atoms with Gasteiger partial charge < -0.3 is 10.2 Å². The lowest BCUT2D eigenvalue weighted by Crippen LogP contribution is -2.29. The molecule has 3 heteroatoms. The zero-order valence-electron chi connectivity index (χ0n) is 13.4. The van der Waals surface area contributed by atoms with Crippen LogP contribution in [0.2, 0.25) is 0 Å². The summed E-state index contributed by atoms with van der Waals surface area (Å²) in [6.45, 7) is 9.43. The average Bonchev–Trinajstić information content (AvgIpc) is 2.96. The predicted octanol–water partition coefficient (Wildman–Crippen LogP) is 4.61. The Bertz CT molecular complexity index is 421. The average molecular weight is 353 g/mol. The van der Waals surface area contributed by atoms with Gasteiger partial charge in [-0.2, -0.15) is 0 Å². The highest BCUT2D eigenvalue weighted by molar-refractivity contribution is 9.10. The van der Waals surface area contributed by atoms with Gasteiger partial charge in [0.2, 0.25) is 0 Å². The fraction of sp³-hybridized carbons (Fsp3) is 0.667. The Morgan fingerprint density at radius 1 is 1.33 bits per heavy atom. The molecule has 118 valence electrons. The molecule has 0 spiro atoms. The van der Waals surface area contributed by atoms with Gasteiger partial charge in [-0.05, 0) is 56.4 Å². The minimum Gasteiger partial charge on any atom is -0.310 e. The lowest BCUT2D eigenvalue weighted by atomic mass is 10.0. The fourth-order valence-corrected chi connectivity index (χ4v) is 3.77. The molecule has 2 unspecified atom stereocenters. The van der Waals surface area contributed by atoms with Gasteiger partial charge in [-0.25, -0.2) is 0 Å². The van der Waals surface area contributed by atoms with Gasteiger partial charge in [-0.15, -0.1) is 0 Å². The first kappa shape index (κ1) is 17.0. The van der Waals surface area contributed by atoms with Crippen molar-refractivity contribution in [2.24, 2.45) is 5.92 Å². The molecule has 1 saturated heterocycles. The van der Waals surface area contributed by atoms with E-state index in [4.69, 9.17) is 0 Å². The third-order valence-corrected chi connectivity index (χ3v) is 5.32. The summed E-state index contributed by atoms with van der Waals surface area (Å²) in [6.07, 6.45) is 5.10. The molecule has 0 radical (unpaired) electrons. The molecule has 1 aromatic rings. The zero-order chi connectivity index (χ0) is 15.1. The molecule has 1 aliphatic heterocycles. The first-order valence-corrected chi connectivity index (χ1v) is 9.24. The molecular formula is C18H29BrN2. The molecule has 2 nitrogen and oxygen atoms in total. The maximum Gasteiger partial charge on any atom is 0.0343 e. The van der Waals surface area contributed by atoms with Gasteiger partial charge in [0.25, 0.3) is 0 Å². The van der Waals surface area contributed by atoms with Crippen molar-refractivity contribution >= 4 is 15.9 Å². The van der Waals surface area contributed by atoms with Crippen LogP contribution in [0.4, 0.5) is 0 Å².